The van der Waals surface area contributed by atoms with Gasteiger partial charge in [0.25, 0.3) is 0 Å². The smallest absolute Gasteiger partial charge is 0.152 e. The van der Waals surface area contributed by atoms with Crippen LogP contribution in [-0.4, -0.2) is 31.6 Å². The zero-order valence-electron chi connectivity index (χ0n) is 9.67. The van der Waals surface area contributed by atoms with Crippen LogP contribution in [-0.2, 0) is 9.84 Å². The van der Waals surface area contributed by atoms with Crippen LogP contribution in [0, 0.1) is 22.6 Å². The second kappa shape index (κ2) is 4.04. The van der Waals surface area contributed by atoms with Gasteiger partial charge in [-0.05, 0) is 17.7 Å². The third-order valence-electron chi connectivity index (χ3n) is 3.40. The van der Waals surface area contributed by atoms with Crippen LogP contribution in [0.3, 0.4) is 0 Å². The van der Waals surface area contributed by atoms with Crippen molar-refractivity contribution in [3.05, 3.63) is 35.6 Å². The van der Waals surface area contributed by atoms with Gasteiger partial charge in [0.1, 0.15) is 11.2 Å². The molecule has 0 radical (unpaired) electrons. The average Bonchev–Trinajstić information content (AvgIpc) is 2.98. The van der Waals surface area contributed by atoms with E-state index in [1.54, 1.807) is 6.07 Å². The van der Waals surface area contributed by atoms with Crippen LogP contribution < -0.4 is 0 Å². The number of nitriles is 1. The van der Waals surface area contributed by atoms with Gasteiger partial charge in [-0.25, -0.2) is 12.8 Å². The Balaban J connectivity index is 2.49. The fourth-order valence-corrected chi connectivity index (χ4v) is 4.42. The molecule has 0 bridgehead atoms. The Morgan fingerprint density at radius 3 is 2.61 bits per heavy atom. The van der Waals surface area contributed by atoms with Gasteiger partial charge in [-0.1, -0.05) is 12.1 Å². The standard InChI is InChI=1S/C12H12FNO3S/c1-18(16,17)11-10(12(11,6-14)7-15)8-3-2-4-9(13)5-8/h2-5,10-11,15H,7H2,1H3/t10-,11+,12-/m0/s1. The topological polar surface area (TPSA) is 78.2 Å². The van der Waals surface area contributed by atoms with Crippen molar-refractivity contribution in [3.8, 4) is 6.07 Å². The highest BCUT2D eigenvalue weighted by molar-refractivity contribution is 7.91. The molecule has 0 unspecified atom stereocenters. The fourth-order valence-electron chi connectivity index (χ4n) is 2.56. The molecule has 0 aromatic heterocycles. The highest BCUT2D eigenvalue weighted by atomic mass is 32.2. The Hall–Kier alpha value is -1.45. The maximum atomic E-state index is 13.1. The lowest BCUT2D eigenvalue weighted by Gasteiger charge is -2.03. The third kappa shape index (κ3) is 1.80. The van der Waals surface area contributed by atoms with Gasteiger partial charge in [-0.3, -0.25) is 0 Å². The van der Waals surface area contributed by atoms with E-state index in [9.17, 15) is 17.9 Å². The minimum absolute atomic E-state index is 0.432. The van der Waals surface area contributed by atoms with Crippen molar-refractivity contribution >= 4 is 9.84 Å². The molecular formula is C12H12FNO3S. The summed E-state index contributed by atoms with van der Waals surface area (Å²) in [4.78, 5) is 0. The first kappa shape index (κ1) is 13.0. The summed E-state index contributed by atoms with van der Waals surface area (Å²) >= 11 is 0. The van der Waals surface area contributed by atoms with Gasteiger partial charge in [0.05, 0.1) is 17.9 Å². The van der Waals surface area contributed by atoms with Gasteiger partial charge >= 0.3 is 0 Å². The summed E-state index contributed by atoms with van der Waals surface area (Å²) in [7, 11) is -3.48. The van der Waals surface area contributed by atoms with Gasteiger partial charge in [0, 0.05) is 12.2 Å². The SMILES string of the molecule is CS(=O)(=O)[C@@H]1[C@H](c2cccc(F)c2)[C@]1(C#N)CO. The maximum Gasteiger partial charge on any atom is 0.152 e. The van der Waals surface area contributed by atoms with E-state index in [0.717, 1.165) is 6.26 Å². The average molecular weight is 269 g/mol. The number of rotatable bonds is 3. The molecule has 1 fully saturated rings. The first-order valence-corrected chi connectivity index (χ1v) is 7.28. The van der Waals surface area contributed by atoms with Gasteiger partial charge in [0.2, 0.25) is 0 Å². The zero-order chi connectivity index (χ0) is 13.6. The molecule has 3 atom stereocenters. The van der Waals surface area contributed by atoms with Crippen molar-refractivity contribution in [1.29, 1.82) is 5.26 Å². The zero-order valence-corrected chi connectivity index (χ0v) is 10.5. The van der Waals surface area contributed by atoms with Crippen LogP contribution in [0.15, 0.2) is 24.3 Å². The summed E-state index contributed by atoms with van der Waals surface area (Å²) in [5, 5.41) is 17.5. The second-order valence-electron chi connectivity index (χ2n) is 4.59. The fraction of sp³-hybridized carbons (Fsp3) is 0.417. The van der Waals surface area contributed by atoms with Crippen LogP contribution in [0.5, 0.6) is 0 Å². The number of sulfone groups is 1. The summed E-state index contributed by atoms with van der Waals surface area (Å²) in [5.74, 6) is -1.16. The van der Waals surface area contributed by atoms with E-state index < -0.39 is 38.8 Å². The second-order valence-corrected chi connectivity index (χ2v) is 6.76. The molecule has 1 saturated carbocycles. The highest BCUT2D eigenvalue weighted by Crippen LogP contribution is 2.62. The van der Waals surface area contributed by atoms with Gasteiger partial charge in [0.15, 0.2) is 9.84 Å². The van der Waals surface area contributed by atoms with Crippen molar-refractivity contribution in [2.24, 2.45) is 5.41 Å². The third-order valence-corrected chi connectivity index (χ3v) is 5.01. The summed E-state index contributed by atoms with van der Waals surface area (Å²) in [6, 6.07) is 7.36. The Morgan fingerprint density at radius 2 is 2.22 bits per heavy atom. The first-order valence-electron chi connectivity index (χ1n) is 5.33. The number of nitrogens with zero attached hydrogens (tertiary/aromatic N) is 1. The molecule has 0 aliphatic heterocycles. The molecule has 96 valence electrons. The van der Waals surface area contributed by atoms with E-state index in [1.165, 1.54) is 18.2 Å². The van der Waals surface area contributed by atoms with Crippen LogP contribution >= 0.6 is 0 Å². The number of hydrogen-bond donors (Lipinski definition) is 1. The Morgan fingerprint density at radius 1 is 1.56 bits per heavy atom. The molecule has 18 heavy (non-hydrogen) atoms. The van der Waals surface area contributed by atoms with Crippen LogP contribution in [0.1, 0.15) is 11.5 Å². The number of aliphatic hydroxyl groups excluding tert-OH is 1. The molecule has 1 aromatic carbocycles. The number of aliphatic hydroxyl groups is 1. The minimum Gasteiger partial charge on any atom is -0.395 e. The quantitative estimate of drug-likeness (QED) is 0.882. The van der Waals surface area contributed by atoms with E-state index in [2.05, 4.69) is 0 Å². The van der Waals surface area contributed by atoms with Gasteiger partial charge in [-0.2, -0.15) is 5.26 Å². The van der Waals surface area contributed by atoms with E-state index in [4.69, 9.17) is 5.26 Å². The van der Waals surface area contributed by atoms with Gasteiger partial charge in [-0.15, -0.1) is 0 Å². The Bertz CT molecular complexity index is 622. The summed E-state index contributed by atoms with van der Waals surface area (Å²) in [6.07, 6.45) is 1.03. The lowest BCUT2D eigenvalue weighted by molar-refractivity contribution is 0.242. The van der Waals surface area contributed by atoms with Crippen molar-refractivity contribution in [1.82, 2.24) is 0 Å². The molecule has 1 aromatic rings. The Labute approximate surface area is 105 Å². The van der Waals surface area contributed by atoms with Crippen molar-refractivity contribution in [2.75, 3.05) is 12.9 Å². The molecule has 4 nitrogen and oxygen atoms in total. The first-order chi connectivity index (χ1) is 8.36. The van der Waals surface area contributed by atoms with Crippen molar-refractivity contribution < 1.29 is 17.9 Å². The number of hydrogen-bond acceptors (Lipinski definition) is 4. The summed E-state index contributed by atoms with van der Waals surface area (Å²) in [6.45, 7) is -0.553. The van der Waals surface area contributed by atoms with E-state index in [0.29, 0.717) is 5.56 Å². The molecule has 1 aliphatic carbocycles. The molecule has 0 spiro atoms. The molecule has 6 heteroatoms. The van der Waals surface area contributed by atoms with Crippen LogP contribution in [0.4, 0.5) is 4.39 Å². The molecule has 1 N–H and O–H groups in total. The van der Waals surface area contributed by atoms with E-state index in [1.807, 2.05) is 6.07 Å². The van der Waals surface area contributed by atoms with Gasteiger partial charge < -0.3 is 5.11 Å². The van der Waals surface area contributed by atoms with Crippen molar-refractivity contribution in [2.45, 2.75) is 11.2 Å². The minimum atomic E-state index is -3.48. The molecular weight excluding hydrogens is 257 g/mol. The van der Waals surface area contributed by atoms with Crippen molar-refractivity contribution in [3.63, 3.8) is 0 Å². The van der Waals surface area contributed by atoms with Crippen LogP contribution in [0.2, 0.25) is 0 Å². The summed E-state index contributed by atoms with van der Waals surface area (Å²) in [5.41, 5.74) is -0.914. The highest BCUT2D eigenvalue weighted by Gasteiger charge is 2.70. The lowest BCUT2D eigenvalue weighted by Crippen LogP contribution is -2.16. The largest absolute Gasteiger partial charge is 0.395 e. The number of benzene rings is 1. The normalized spacial score (nSPS) is 30.8. The molecule has 0 heterocycles. The Kier molecular flexibility index (Phi) is 2.92. The molecule has 0 amide bonds. The van der Waals surface area contributed by atoms with Crippen LogP contribution in [0.25, 0.3) is 0 Å². The molecule has 0 saturated heterocycles. The maximum absolute atomic E-state index is 13.1. The monoisotopic (exact) mass is 269 g/mol. The van der Waals surface area contributed by atoms with E-state index >= 15 is 0 Å². The predicted molar refractivity (Wildman–Crippen MR) is 62.9 cm³/mol. The summed E-state index contributed by atoms with van der Waals surface area (Å²) < 4.78 is 36.4. The number of halogens is 1. The van der Waals surface area contributed by atoms with E-state index in [-0.39, 0.29) is 0 Å². The molecule has 1 aliphatic rings. The molecule has 2 rings (SSSR count). The predicted octanol–water partition coefficient (Wildman–Crippen LogP) is 0.838. The lowest BCUT2D eigenvalue weighted by atomic mass is 10.0.